The van der Waals surface area contributed by atoms with Crippen molar-refractivity contribution >= 4 is 0 Å². The van der Waals surface area contributed by atoms with Gasteiger partial charge in [-0.05, 0) is 98.7 Å². The van der Waals surface area contributed by atoms with Crippen LogP contribution < -0.4 is 0 Å². The van der Waals surface area contributed by atoms with Crippen LogP contribution in [0.25, 0.3) is 0 Å². The predicted molar refractivity (Wildman–Crippen MR) is 214 cm³/mol. The van der Waals surface area contributed by atoms with Gasteiger partial charge in [-0.3, -0.25) is 0 Å². The SMILES string of the molecule is CC1CCC2(OC1)OC1CC3C4CC=C5CC(OC6OC(CO)C(O)C(OC7OC(C)C(OC8OC(CO)C(O)C(O)C8O)C(O)C7O)C6O)CCC5(C)C4CCC3(C)C1C2C. The van der Waals surface area contributed by atoms with E-state index in [1.807, 2.05) is 0 Å². The van der Waals surface area contributed by atoms with E-state index in [0.29, 0.717) is 41.9 Å². The van der Waals surface area contributed by atoms with Gasteiger partial charge in [0.25, 0.3) is 0 Å². The second-order valence-corrected chi connectivity index (χ2v) is 21.1. The Morgan fingerprint density at radius 3 is 2.03 bits per heavy atom. The maximum absolute atomic E-state index is 11.6. The minimum atomic E-state index is -1.81. The van der Waals surface area contributed by atoms with Gasteiger partial charge in [0, 0.05) is 12.3 Å². The van der Waals surface area contributed by atoms with E-state index in [-0.39, 0.29) is 23.0 Å². The molecule has 9 aliphatic rings. The molecule has 26 atom stereocenters. The summed E-state index contributed by atoms with van der Waals surface area (Å²) in [5.74, 6) is 2.72. The number of aliphatic hydroxyl groups is 9. The predicted octanol–water partition coefficient (Wildman–Crippen LogP) is 0.214. The summed E-state index contributed by atoms with van der Waals surface area (Å²) in [6, 6.07) is 0. The standard InChI is InChI=1S/C45H72O17/c1-19-8-13-45(55-18-19)20(2)30-27(62-45)15-26-24-7-6-22-14-23(9-11-43(22,4)25(24)10-12-44(26,30)5)57-42-37(54)39(32(49)29(17-47)59-42)61-40-36(53)34(51)38(21(3)56-40)60-41-35(52)33(50)31(48)28(16-46)58-41/h6,19-21,23-42,46-54H,7-18H2,1-5H3. The third kappa shape index (κ3) is 7.49. The van der Waals surface area contributed by atoms with Gasteiger partial charge in [-0.2, -0.15) is 0 Å². The average Bonchev–Trinajstić information content (AvgIpc) is 3.70. The van der Waals surface area contributed by atoms with Gasteiger partial charge >= 0.3 is 0 Å². The number of hydrogen-bond donors (Lipinski definition) is 9. The van der Waals surface area contributed by atoms with Crippen LogP contribution in [0.5, 0.6) is 0 Å². The first-order valence-electron chi connectivity index (χ1n) is 23.4. The van der Waals surface area contributed by atoms with Crippen LogP contribution in [0.4, 0.5) is 0 Å². The van der Waals surface area contributed by atoms with Gasteiger partial charge in [-0.1, -0.05) is 39.3 Å². The summed E-state index contributed by atoms with van der Waals surface area (Å²) in [5, 5.41) is 95.7. The Morgan fingerprint density at radius 2 is 1.34 bits per heavy atom. The number of aliphatic hydroxyl groups excluding tert-OH is 9. The molecule has 9 rings (SSSR count). The molecule has 354 valence electrons. The lowest BCUT2D eigenvalue weighted by Crippen LogP contribution is -2.66. The zero-order chi connectivity index (χ0) is 44.2. The lowest BCUT2D eigenvalue weighted by Gasteiger charge is -2.58. The van der Waals surface area contributed by atoms with E-state index in [1.165, 1.54) is 25.3 Å². The van der Waals surface area contributed by atoms with Crippen molar-refractivity contribution in [3.63, 3.8) is 0 Å². The largest absolute Gasteiger partial charge is 0.394 e. The van der Waals surface area contributed by atoms with E-state index >= 15 is 0 Å². The zero-order valence-electron chi connectivity index (χ0n) is 36.6. The fourth-order valence-electron chi connectivity index (χ4n) is 14.1. The first kappa shape index (κ1) is 46.2. The Labute approximate surface area is 363 Å². The Kier molecular flexibility index (Phi) is 12.9. The third-order valence-corrected chi connectivity index (χ3v) is 17.7. The third-order valence-electron chi connectivity index (χ3n) is 17.7. The molecule has 0 amide bonds. The van der Waals surface area contributed by atoms with E-state index < -0.39 is 111 Å². The number of ether oxygens (including phenoxy) is 8. The quantitative estimate of drug-likeness (QED) is 0.148. The van der Waals surface area contributed by atoms with Crippen LogP contribution in [0, 0.1) is 46.3 Å². The second kappa shape index (κ2) is 17.3. The summed E-state index contributed by atoms with van der Waals surface area (Å²) in [5.41, 5.74) is 1.59. The van der Waals surface area contributed by atoms with Gasteiger partial charge in [-0.15, -0.1) is 0 Å². The van der Waals surface area contributed by atoms with Crippen molar-refractivity contribution in [2.24, 2.45) is 46.3 Å². The van der Waals surface area contributed by atoms with Crippen molar-refractivity contribution < 1.29 is 83.9 Å². The maximum atomic E-state index is 11.6. The first-order chi connectivity index (χ1) is 29.4. The number of allylic oxidation sites excluding steroid dienone is 1. The van der Waals surface area contributed by atoms with E-state index in [9.17, 15) is 46.0 Å². The van der Waals surface area contributed by atoms with Gasteiger partial charge in [0.1, 0.15) is 67.1 Å². The fourth-order valence-corrected chi connectivity index (χ4v) is 14.1. The Hall–Kier alpha value is -0.940. The van der Waals surface area contributed by atoms with E-state index in [1.54, 1.807) is 0 Å². The van der Waals surface area contributed by atoms with Crippen LogP contribution in [-0.4, -0.2) is 176 Å². The van der Waals surface area contributed by atoms with Crippen molar-refractivity contribution in [1.82, 2.24) is 0 Å². The topological polar surface area (TPSA) is 256 Å². The van der Waals surface area contributed by atoms with Crippen molar-refractivity contribution in [3.8, 4) is 0 Å². The number of hydrogen-bond acceptors (Lipinski definition) is 17. The molecule has 5 heterocycles. The monoisotopic (exact) mass is 884 g/mol. The zero-order valence-corrected chi connectivity index (χ0v) is 36.6. The first-order valence-corrected chi connectivity index (χ1v) is 23.4. The highest BCUT2D eigenvalue weighted by atomic mass is 16.8. The molecule has 0 aromatic carbocycles. The average molecular weight is 885 g/mol. The highest BCUT2D eigenvalue weighted by molar-refractivity contribution is 5.26. The Bertz CT molecular complexity index is 1610. The van der Waals surface area contributed by atoms with Crippen molar-refractivity contribution in [2.75, 3.05) is 19.8 Å². The minimum absolute atomic E-state index is 0.00992. The van der Waals surface area contributed by atoms with Crippen LogP contribution in [0.2, 0.25) is 0 Å². The van der Waals surface area contributed by atoms with Crippen LogP contribution in [0.1, 0.15) is 92.4 Å². The summed E-state index contributed by atoms with van der Waals surface area (Å²) in [7, 11) is 0. The molecule has 17 nitrogen and oxygen atoms in total. The molecule has 26 unspecified atom stereocenters. The number of fused-ring (bicyclic) bond motifs is 7. The summed E-state index contributed by atoms with van der Waals surface area (Å²) in [6.45, 7) is 10.6. The van der Waals surface area contributed by atoms with E-state index in [2.05, 4.69) is 33.8 Å². The van der Waals surface area contributed by atoms with Crippen LogP contribution >= 0.6 is 0 Å². The molecule has 4 aliphatic carbocycles. The van der Waals surface area contributed by atoms with Crippen LogP contribution in [0.3, 0.4) is 0 Å². The molecule has 9 N–H and O–H groups in total. The smallest absolute Gasteiger partial charge is 0.187 e. The molecular formula is C45H72O17. The molecule has 1 spiro atoms. The van der Waals surface area contributed by atoms with Crippen molar-refractivity contribution in [2.45, 2.75) is 203 Å². The summed E-state index contributed by atoms with van der Waals surface area (Å²) >= 11 is 0. The van der Waals surface area contributed by atoms with Crippen LogP contribution in [0.15, 0.2) is 11.6 Å². The van der Waals surface area contributed by atoms with Crippen LogP contribution in [-0.2, 0) is 37.9 Å². The van der Waals surface area contributed by atoms with Crippen molar-refractivity contribution in [3.05, 3.63) is 11.6 Å². The molecule has 5 aliphatic heterocycles. The van der Waals surface area contributed by atoms with Crippen molar-refractivity contribution in [1.29, 1.82) is 0 Å². The van der Waals surface area contributed by atoms with Gasteiger partial charge in [0.15, 0.2) is 24.7 Å². The second-order valence-electron chi connectivity index (χ2n) is 21.1. The summed E-state index contributed by atoms with van der Waals surface area (Å²) in [6.07, 6.45) is -11.4. The van der Waals surface area contributed by atoms with E-state index in [0.717, 1.165) is 45.1 Å². The molecule has 0 radical (unpaired) electrons. The normalized spacial score (nSPS) is 57.6. The molecule has 8 fully saturated rings. The molecule has 5 saturated heterocycles. The minimum Gasteiger partial charge on any atom is -0.394 e. The van der Waals surface area contributed by atoms with E-state index in [4.69, 9.17) is 37.9 Å². The van der Waals surface area contributed by atoms with Gasteiger partial charge in [0.05, 0.1) is 38.1 Å². The fraction of sp³-hybridized carbons (Fsp3) is 0.956. The molecular weight excluding hydrogens is 812 g/mol. The number of rotatable bonds is 8. The molecule has 0 bridgehead atoms. The van der Waals surface area contributed by atoms with Gasteiger partial charge in [-0.25, -0.2) is 0 Å². The highest BCUT2D eigenvalue weighted by Gasteiger charge is 2.69. The van der Waals surface area contributed by atoms with Gasteiger partial charge < -0.3 is 83.9 Å². The molecule has 17 heteroatoms. The maximum Gasteiger partial charge on any atom is 0.187 e. The Balaban J connectivity index is 0.834. The van der Waals surface area contributed by atoms with Gasteiger partial charge in [0.2, 0.25) is 0 Å². The molecule has 3 saturated carbocycles. The lowest BCUT2D eigenvalue weighted by molar-refractivity contribution is -0.378. The summed E-state index contributed by atoms with van der Waals surface area (Å²) in [4.78, 5) is 0. The molecule has 0 aromatic rings. The summed E-state index contributed by atoms with van der Waals surface area (Å²) < 4.78 is 48.9. The molecule has 0 aromatic heterocycles. The lowest BCUT2D eigenvalue weighted by atomic mass is 9.47. The highest BCUT2D eigenvalue weighted by Crippen LogP contribution is 2.70. The Morgan fingerprint density at radius 1 is 0.677 bits per heavy atom. The molecule has 62 heavy (non-hydrogen) atoms.